The molecule has 1 heterocycles. The number of carbonyl (C=O) groups is 1. The Labute approximate surface area is 211 Å². The van der Waals surface area contributed by atoms with E-state index in [9.17, 15) is 4.79 Å². The number of anilines is 2. The normalized spacial score (nSPS) is 14.7. The Morgan fingerprint density at radius 3 is 2.47 bits per heavy atom. The van der Waals surface area contributed by atoms with Crippen LogP contribution >= 0.6 is 24.0 Å². The topological polar surface area (TPSA) is 32.8 Å². The van der Waals surface area contributed by atoms with E-state index in [1.54, 1.807) is 4.90 Å². The maximum Gasteiger partial charge on any atom is 0.270 e. The van der Waals surface area contributed by atoms with Crippen LogP contribution in [0.4, 0.5) is 11.4 Å². The monoisotopic (exact) mass is 488 g/mol. The van der Waals surface area contributed by atoms with Gasteiger partial charge in [0.1, 0.15) is 12.4 Å². The molecule has 0 unspecified atom stereocenters. The number of nitrogens with zero attached hydrogens (tertiary/aromatic N) is 2. The average molecular weight is 489 g/mol. The van der Waals surface area contributed by atoms with E-state index in [1.807, 2.05) is 73.7 Å². The summed E-state index contributed by atoms with van der Waals surface area (Å²) < 4.78 is 6.80. The number of benzene rings is 3. The van der Waals surface area contributed by atoms with Gasteiger partial charge < -0.3 is 9.64 Å². The molecule has 1 aliphatic heterocycles. The smallest absolute Gasteiger partial charge is 0.270 e. The molecular formula is C28H28N2O2S2. The van der Waals surface area contributed by atoms with Gasteiger partial charge in [-0.05, 0) is 62.2 Å². The standard InChI is InChI=1S/C28H28N2O2S2/c1-4-29(5-2)23-15-14-22(25(18-23)32-19-21-11-7-6-8-12-21)17-26-27(31)30(28(33)34-26)24-13-9-10-20(3)16-24/h6-18H,4-5,19H2,1-3H3/b26-17-. The first kappa shape index (κ1) is 24.0. The maximum absolute atomic E-state index is 13.3. The average Bonchev–Trinajstić information content (AvgIpc) is 3.12. The van der Waals surface area contributed by atoms with Gasteiger partial charge in [0, 0.05) is 30.4 Å². The van der Waals surface area contributed by atoms with Crippen molar-refractivity contribution >= 4 is 51.7 Å². The van der Waals surface area contributed by atoms with E-state index < -0.39 is 0 Å². The predicted octanol–water partition coefficient (Wildman–Crippen LogP) is 6.83. The summed E-state index contributed by atoms with van der Waals surface area (Å²) in [6.07, 6.45) is 1.89. The van der Waals surface area contributed by atoms with Crippen molar-refractivity contribution in [1.29, 1.82) is 0 Å². The molecular weight excluding hydrogens is 460 g/mol. The Balaban J connectivity index is 1.66. The summed E-state index contributed by atoms with van der Waals surface area (Å²) in [5.41, 5.74) is 4.92. The Morgan fingerprint density at radius 2 is 1.76 bits per heavy atom. The minimum absolute atomic E-state index is 0.109. The Kier molecular flexibility index (Phi) is 7.70. The van der Waals surface area contributed by atoms with Gasteiger partial charge in [-0.3, -0.25) is 9.69 Å². The number of aryl methyl sites for hydroxylation is 1. The first-order chi connectivity index (χ1) is 16.5. The van der Waals surface area contributed by atoms with Crippen molar-refractivity contribution in [2.24, 2.45) is 0 Å². The summed E-state index contributed by atoms with van der Waals surface area (Å²) >= 11 is 6.88. The van der Waals surface area contributed by atoms with Crippen LogP contribution in [0.25, 0.3) is 6.08 Å². The van der Waals surface area contributed by atoms with E-state index in [4.69, 9.17) is 17.0 Å². The van der Waals surface area contributed by atoms with Crippen LogP contribution < -0.4 is 14.5 Å². The van der Waals surface area contributed by atoms with Gasteiger partial charge in [-0.15, -0.1) is 0 Å². The van der Waals surface area contributed by atoms with E-state index in [2.05, 4.69) is 30.9 Å². The third-order valence-corrected chi connectivity index (χ3v) is 7.01. The Morgan fingerprint density at radius 1 is 1.00 bits per heavy atom. The minimum atomic E-state index is -0.109. The molecule has 174 valence electrons. The third kappa shape index (κ3) is 5.34. The van der Waals surface area contributed by atoms with Crippen molar-refractivity contribution in [2.75, 3.05) is 22.9 Å². The second-order valence-electron chi connectivity index (χ2n) is 8.02. The molecule has 4 rings (SSSR count). The minimum Gasteiger partial charge on any atom is -0.488 e. The van der Waals surface area contributed by atoms with Gasteiger partial charge >= 0.3 is 0 Å². The molecule has 0 radical (unpaired) electrons. The number of thiocarbonyl (C=S) groups is 1. The zero-order valence-electron chi connectivity index (χ0n) is 19.7. The number of hydrogen-bond acceptors (Lipinski definition) is 5. The van der Waals surface area contributed by atoms with E-state index in [1.165, 1.54) is 11.8 Å². The highest BCUT2D eigenvalue weighted by atomic mass is 32.2. The fourth-order valence-electron chi connectivity index (χ4n) is 3.89. The number of ether oxygens (including phenoxy) is 1. The van der Waals surface area contributed by atoms with Crippen LogP contribution in [0.15, 0.2) is 77.7 Å². The summed E-state index contributed by atoms with van der Waals surface area (Å²) in [6, 6.07) is 24.1. The lowest BCUT2D eigenvalue weighted by Crippen LogP contribution is -2.27. The van der Waals surface area contributed by atoms with E-state index in [-0.39, 0.29) is 5.91 Å². The summed E-state index contributed by atoms with van der Waals surface area (Å²) in [5.74, 6) is 0.636. The molecule has 1 fully saturated rings. The highest BCUT2D eigenvalue weighted by molar-refractivity contribution is 8.27. The van der Waals surface area contributed by atoms with Gasteiger partial charge in [0.05, 0.1) is 10.6 Å². The molecule has 0 atom stereocenters. The van der Waals surface area contributed by atoms with E-state index in [0.29, 0.717) is 15.8 Å². The van der Waals surface area contributed by atoms with Crippen molar-refractivity contribution in [3.05, 3.63) is 94.4 Å². The molecule has 0 aliphatic carbocycles. The molecule has 0 aromatic heterocycles. The number of rotatable bonds is 8. The molecule has 1 aliphatic rings. The molecule has 1 amide bonds. The highest BCUT2D eigenvalue weighted by Crippen LogP contribution is 2.38. The first-order valence-electron chi connectivity index (χ1n) is 11.4. The fourth-order valence-corrected chi connectivity index (χ4v) is 5.18. The summed E-state index contributed by atoms with van der Waals surface area (Å²) in [4.78, 5) is 17.8. The van der Waals surface area contributed by atoms with Crippen LogP contribution in [0.5, 0.6) is 5.75 Å². The first-order valence-corrected chi connectivity index (χ1v) is 12.6. The second-order valence-corrected chi connectivity index (χ2v) is 9.70. The van der Waals surface area contributed by atoms with Crippen LogP contribution in [0.1, 0.15) is 30.5 Å². The van der Waals surface area contributed by atoms with Crippen molar-refractivity contribution in [3.8, 4) is 5.75 Å². The Bertz CT molecular complexity index is 1220. The SMILES string of the molecule is CCN(CC)c1ccc(/C=C2\SC(=S)N(c3cccc(C)c3)C2=O)c(OCc2ccccc2)c1. The molecule has 3 aromatic rings. The van der Waals surface area contributed by atoms with Crippen LogP contribution in [0.3, 0.4) is 0 Å². The third-order valence-electron chi connectivity index (χ3n) is 5.70. The lowest BCUT2D eigenvalue weighted by Gasteiger charge is -2.22. The molecule has 34 heavy (non-hydrogen) atoms. The number of amides is 1. The highest BCUT2D eigenvalue weighted by Gasteiger charge is 2.33. The molecule has 6 heteroatoms. The molecule has 3 aromatic carbocycles. The lowest BCUT2D eigenvalue weighted by atomic mass is 10.1. The predicted molar refractivity (Wildman–Crippen MR) is 148 cm³/mol. The van der Waals surface area contributed by atoms with Gasteiger partial charge in [-0.2, -0.15) is 0 Å². The maximum atomic E-state index is 13.3. The molecule has 4 nitrogen and oxygen atoms in total. The fraction of sp³-hybridized carbons (Fsp3) is 0.214. The van der Waals surface area contributed by atoms with Gasteiger partial charge in [0.25, 0.3) is 5.91 Å². The molecule has 0 spiro atoms. The van der Waals surface area contributed by atoms with Crippen molar-refractivity contribution in [1.82, 2.24) is 0 Å². The van der Waals surface area contributed by atoms with Crippen LogP contribution in [-0.2, 0) is 11.4 Å². The van der Waals surface area contributed by atoms with Crippen LogP contribution in [-0.4, -0.2) is 23.3 Å². The van der Waals surface area contributed by atoms with Gasteiger partial charge in [-0.1, -0.05) is 66.4 Å². The van der Waals surface area contributed by atoms with Gasteiger partial charge in [0.2, 0.25) is 0 Å². The number of hydrogen-bond donors (Lipinski definition) is 0. The molecule has 1 saturated heterocycles. The van der Waals surface area contributed by atoms with Gasteiger partial charge in [-0.25, -0.2) is 0 Å². The van der Waals surface area contributed by atoms with Crippen LogP contribution in [0.2, 0.25) is 0 Å². The summed E-state index contributed by atoms with van der Waals surface area (Å²) in [6.45, 7) is 8.54. The number of carbonyl (C=O) groups excluding carboxylic acids is 1. The summed E-state index contributed by atoms with van der Waals surface area (Å²) in [7, 11) is 0. The van der Waals surface area contributed by atoms with E-state index >= 15 is 0 Å². The van der Waals surface area contributed by atoms with Gasteiger partial charge in [0.15, 0.2) is 4.32 Å². The van der Waals surface area contributed by atoms with Crippen molar-refractivity contribution in [3.63, 3.8) is 0 Å². The van der Waals surface area contributed by atoms with E-state index in [0.717, 1.165) is 46.9 Å². The quantitative estimate of drug-likeness (QED) is 0.256. The molecule has 0 saturated carbocycles. The number of thioether (sulfide) groups is 1. The van der Waals surface area contributed by atoms with Crippen molar-refractivity contribution < 1.29 is 9.53 Å². The summed E-state index contributed by atoms with van der Waals surface area (Å²) in [5, 5.41) is 0. The lowest BCUT2D eigenvalue weighted by molar-refractivity contribution is -0.113. The Hall–Kier alpha value is -3.09. The molecule has 0 bridgehead atoms. The second kappa shape index (κ2) is 10.9. The zero-order valence-corrected chi connectivity index (χ0v) is 21.3. The molecule has 0 N–H and O–H groups in total. The zero-order chi connectivity index (χ0) is 24.1. The largest absolute Gasteiger partial charge is 0.488 e. The van der Waals surface area contributed by atoms with Crippen LogP contribution in [0, 0.1) is 6.92 Å². The van der Waals surface area contributed by atoms with Crippen molar-refractivity contribution in [2.45, 2.75) is 27.4 Å².